The zero-order valence-corrected chi connectivity index (χ0v) is 16.4. The van der Waals surface area contributed by atoms with Gasteiger partial charge in [0.15, 0.2) is 0 Å². The minimum Gasteiger partial charge on any atom is -0.457 e. The minimum absolute atomic E-state index is 0. The van der Waals surface area contributed by atoms with E-state index in [0.29, 0.717) is 10.6 Å². The van der Waals surface area contributed by atoms with E-state index in [9.17, 15) is 9.13 Å². The van der Waals surface area contributed by atoms with E-state index in [1.807, 2.05) is 25.4 Å². The summed E-state index contributed by atoms with van der Waals surface area (Å²) in [7, 11) is -3.04. The maximum atomic E-state index is 10.4. The van der Waals surface area contributed by atoms with Crippen molar-refractivity contribution >= 4 is 26.7 Å². The van der Waals surface area contributed by atoms with Crippen molar-refractivity contribution in [2.24, 2.45) is 7.05 Å². The molecule has 0 aliphatic rings. The van der Waals surface area contributed by atoms with Gasteiger partial charge in [-0.1, -0.05) is 36.4 Å². The molecule has 6 nitrogen and oxygen atoms in total. The summed E-state index contributed by atoms with van der Waals surface area (Å²) in [6.45, 7) is 0. The Hall–Kier alpha value is -1.46. The Balaban J connectivity index is 0.000000346. The summed E-state index contributed by atoms with van der Waals surface area (Å²) in [4.78, 5) is 20.8. The van der Waals surface area contributed by atoms with Crippen LogP contribution in [0, 0.1) is 6.33 Å². The van der Waals surface area contributed by atoms with E-state index in [-0.39, 0.29) is 16.8 Å². The molecule has 2 N–H and O–H groups in total. The largest absolute Gasteiger partial charge is 0.457 e. The predicted octanol–water partition coefficient (Wildman–Crippen LogP) is 1.78. The third-order valence-corrected chi connectivity index (χ3v) is 4.28. The predicted molar refractivity (Wildman–Crippen MR) is 96.6 cm³/mol. The Morgan fingerprint density at radius 3 is 1.44 bits per heavy atom. The summed E-state index contributed by atoms with van der Waals surface area (Å²) in [5, 5.41) is 1.03. The van der Waals surface area contributed by atoms with E-state index in [1.165, 1.54) is 0 Å². The number of rotatable bonds is 2. The van der Waals surface area contributed by atoms with Crippen LogP contribution in [0.15, 0.2) is 73.1 Å². The van der Waals surface area contributed by atoms with Crippen LogP contribution in [-0.2, 0) is 33.0 Å². The first kappa shape index (κ1) is 23.5. The Bertz CT molecular complexity index is 692. The van der Waals surface area contributed by atoms with Crippen molar-refractivity contribution in [3.63, 3.8) is 0 Å². The summed E-state index contributed by atoms with van der Waals surface area (Å²) in [6, 6.07) is 17.2. The molecule has 9 heteroatoms. The number of imidazole rings is 1. The van der Waals surface area contributed by atoms with Gasteiger partial charge in [0.05, 0.1) is 0 Å². The number of aryl methyl sites for hydroxylation is 1. The Labute approximate surface area is 158 Å². The molecule has 0 aliphatic heterocycles. The van der Waals surface area contributed by atoms with Gasteiger partial charge in [-0.15, -0.1) is 12.4 Å². The number of aromatic nitrogens is 2. The van der Waals surface area contributed by atoms with Gasteiger partial charge in [0.1, 0.15) is 0 Å². The molecule has 137 valence electrons. The Morgan fingerprint density at radius 1 is 0.880 bits per heavy atom. The molecule has 2 aromatic carbocycles. The minimum atomic E-state index is -2.46. The van der Waals surface area contributed by atoms with Gasteiger partial charge in [-0.25, -0.2) is 0 Å². The molecule has 1 heterocycles. The monoisotopic (exact) mass is 424 g/mol. The van der Waals surface area contributed by atoms with Crippen molar-refractivity contribution in [2.45, 2.75) is 0 Å². The molecule has 2 atom stereocenters. The Morgan fingerprint density at radius 2 is 1.28 bits per heavy atom. The second-order valence-corrected chi connectivity index (χ2v) is 6.86. The van der Waals surface area contributed by atoms with Crippen LogP contribution in [0.1, 0.15) is 0 Å². The van der Waals surface area contributed by atoms with E-state index < -0.39 is 16.1 Å². The van der Waals surface area contributed by atoms with Gasteiger partial charge < -0.3 is 19.3 Å². The zero-order chi connectivity index (χ0) is 17.8. The van der Waals surface area contributed by atoms with Gasteiger partial charge in [0.2, 0.25) is 16.1 Å². The van der Waals surface area contributed by atoms with Crippen LogP contribution in [0.5, 0.6) is 0 Å². The summed E-state index contributed by atoms with van der Waals surface area (Å²) in [6.07, 6.45) is 6.19. The van der Waals surface area contributed by atoms with Crippen molar-refractivity contribution in [1.82, 2.24) is 9.55 Å². The summed E-state index contributed by atoms with van der Waals surface area (Å²) < 4.78 is 22.5. The van der Waals surface area contributed by atoms with Crippen LogP contribution in [0.2, 0.25) is 0 Å². The molecule has 25 heavy (non-hydrogen) atoms. The fraction of sp³-hybridized carbons (Fsp3) is 0.0625. The van der Waals surface area contributed by atoms with Crippen molar-refractivity contribution in [1.29, 1.82) is 0 Å². The van der Waals surface area contributed by atoms with Gasteiger partial charge >= 0.3 is 0 Å². The average molecular weight is 424 g/mol. The van der Waals surface area contributed by atoms with E-state index in [2.05, 4.69) is 11.3 Å². The van der Waals surface area contributed by atoms with Gasteiger partial charge in [-0.2, -0.15) is 0 Å². The summed E-state index contributed by atoms with van der Waals surface area (Å²) in [5.41, 5.74) is 0. The standard InChI is InChI=1S/2C6H7O2P.C4H5N2.Co/c2*7-9(8)6-4-2-1-3-5-6;1-6-3-2-5-4-6;/h2*1-5,9H,(H,7,8);2-3H,1H3;/q;;-1;. The molecule has 0 amide bonds. The van der Waals surface area contributed by atoms with Crippen molar-refractivity contribution < 1.29 is 35.7 Å². The molecule has 1 radical (unpaired) electrons. The average Bonchev–Trinajstić information content (AvgIpc) is 3.08. The maximum Gasteiger partial charge on any atom is 0.218 e. The van der Waals surface area contributed by atoms with Crippen molar-refractivity contribution in [3.8, 4) is 0 Å². The molecule has 0 aliphatic carbocycles. The number of benzene rings is 2. The first-order valence-electron chi connectivity index (χ1n) is 6.92. The molecule has 0 spiro atoms. The van der Waals surface area contributed by atoms with Crippen LogP contribution in [-0.4, -0.2) is 19.3 Å². The van der Waals surface area contributed by atoms with Crippen LogP contribution in [0.3, 0.4) is 0 Å². The first-order chi connectivity index (χ1) is 11.5. The van der Waals surface area contributed by atoms with Crippen molar-refractivity contribution in [3.05, 3.63) is 79.4 Å². The van der Waals surface area contributed by atoms with Crippen LogP contribution >= 0.6 is 16.1 Å². The smallest absolute Gasteiger partial charge is 0.218 e. The molecule has 2 unspecified atom stereocenters. The quantitative estimate of drug-likeness (QED) is 0.484. The van der Waals surface area contributed by atoms with Gasteiger partial charge in [-0.05, 0) is 31.3 Å². The molecule has 3 aromatic rings. The second kappa shape index (κ2) is 13.8. The van der Waals surface area contributed by atoms with Crippen molar-refractivity contribution in [2.75, 3.05) is 0 Å². The summed E-state index contributed by atoms with van der Waals surface area (Å²) >= 11 is 0. The van der Waals surface area contributed by atoms with E-state index in [1.54, 1.807) is 59.3 Å². The number of nitrogens with zero attached hydrogens (tertiary/aromatic N) is 2. The van der Waals surface area contributed by atoms with Crippen LogP contribution < -0.4 is 10.6 Å². The third kappa shape index (κ3) is 10.9. The molecule has 0 saturated carbocycles. The number of hydrogen-bond donors (Lipinski definition) is 2. The molecule has 3 rings (SSSR count). The number of hydrogen-bond acceptors (Lipinski definition) is 3. The molecule has 0 bridgehead atoms. The zero-order valence-electron chi connectivity index (χ0n) is 13.4. The van der Waals surface area contributed by atoms with E-state index in [0.717, 1.165) is 0 Å². The van der Waals surface area contributed by atoms with Gasteiger partial charge in [0, 0.05) is 33.7 Å². The Kier molecular flexibility index (Phi) is 13.0. The third-order valence-electron chi connectivity index (χ3n) is 2.62. The first-order valence-corrected chi connectivity index (χ1v) is 9.63. The fourth-order valence-electron chi connectivity index (χ4n) is 1.45. The van der Waals surface area contributed by atoms with E-state index in [4.69, 9.17) is 9.79 Å². The second-order valence-electron chi connectivity index (χ2n) is 4.48. The normalized spacial score (nSPS) is 11.5. The molecular formula is C16H19CoN2O4P2-. The van der Waals surface area contributed by atoms with E-state index >= 15 is 0 Å². The topological polar surface area (TPSA) is 92.4 Å². The molecule has 0 saturated heterocycles. The van der Waals surface area contributed by atoms with Crippen LogP contribution in [0.4, 0.5) is 0 Å². The van der Waals surface area contributed by atoms with Gasteiger partial charge in [0.25, 0.3) is 0 Å². The molecular weight excluding hydrogens is 405 g/mol. The summed E-state index contributed by atoms with van der Waals surface area (Å²) in [5.74, 6) is 0. The van der Waals surface area contributed by atoms with Crippen LogP contribution in [0.25, 0.3) is 0 Å². The molecule has 0 fully saturated rings. The molecule has 1 aromatic heterocycles. The maximum absolute atomic E-state index is 10.4. The fourth-order valence-corrected chi connectivity index (χ4v) is 2.41. The SMILES string of the molecule is Cn1[c-]ncc1.O=[PH](O)c1ccccc1.O=[PH](O)c1ccccc1.[Co]. The van der Waals surface area contributed by atoms with Gasteiger partial charge in [-0.3, -0.25) is 9.13 Å².